The van der Waals surface area contributed by atoms with Gasteiger partial charge in [0, 0.05) is 6.04 Å². The summed E-state index contributed by atoms with van der Waals surface area (Å²) in [4.78, 5) is 14.4. The van der Waals surface area contributed by atoms with E-state index >= 15 is 0 Å². The molecule has 0 fully saturated rings. The number of rotatable bonds is 7. The molecular weight excluding hydrogens is 238 g/mol. The fourth-order valence-electron chi connectivity index (χ4n) is 2.13. The second kappa shape index (κ2) is 7.29. The summed E-state index contributed by atoms with van der Waals surface area (Å²) < 4.78 is 5.30. The van der Waals surface area contributed by atoms with Gasteiger partial charge < -0.3 is 4.74 Å². The van der Waals surface area contributed by atoms with Crippen LogP contribution in [-0.2, 0) is 0 Å². The van der Waals surface area contributed by atoms with Crippen LogP contribution in [0.4, 0.5) is 0 Å². The zero-order valence-electron chi connectivity index (χ0n) is 12.7. The van der Waals surface area contributed by atoms with Crippen LogP contribution in [0, 0.1) is 6.92 Å². The lowest BCUT2D eigenvalue weighted by molar-refractivity contribution is 0.0918. The van der Waals surface area contributed by atoms with Gasteiger partial charge in [-0.05, 0) is 45.0 Å². The number of hydrogen-bond acceptors (Lipinski definition) is 3. The zero-order valence-corrected chi connectivity index (χ0v) is 12.7. The van der Waals surface area contributed by atoms with Crippen molar-refractivity contribution in [1.82, 2.24) is 4.90 Å². The molecule has 0 saturated heterocycles. The number of Topliss-reactive ketones (excluding diaryl/α,β-unsaturated/α-hetero) is 1. The van der Waals surface area contributed by atoms with Crippen LogP contribution in [0.25, 0.3) is 0 Å². The first-order chi connectivity index (χ1) is 8.99. The van der Waals surface area contributed by atoms with Crippen molar-refractivity contribution < 1.29 is 9.53 Å². The number of hydrogen-bond donors (Lipinski definition) is 0. The van der Waals surface area contributed by atoms with Crippen molar-refractivity contribution in [3.8, 4) is 5.75 Å². The number of nitrogens with zero attached hydrogens (tertiary/aromatic N) is 1. The first-order valence-corrected chi connectivity index (χ1v) is 6.87. The molecule has 0 amide bonds. The van der Waals surface area contributed by atoms with Crippen molar-refractivity contribution in [2.24, 2.45) is 0 Å². The molecule has 19 heavy (non-hydrogen) atoms. The second-order valence-electron chi connectivity index (χ2n) is 5.18. The molecule has 106 valence electrons. The summed E-state index contributed by atoms with van der Waals surface area (Å²) in [7, 11) is 3.61. The summed E-state index contributed by atoms with van der Waals surface area (Å²) in [6.07, 6.45) is 2.24. The molecule has 0 aliphatic carbocycles. The van der Waals surface area contributed by atoms with Gasteiger partial charge in [0.2, 0.25) is 0 Å². The smallest absolute Gasteiger partial charge is 0.180 e. The Kier molecular flexibility index (Phi) is 6.03. The van der Waals surface area contributed by atoms with Gasteiger partial charge in [-0.1, -0.05) is 19.4 Å². The number of likely N-dealkylation sites (N-methyl/N-ethyl adjacent to an activating group) is 1. The number of ketones is 1. The number of aryl methyl sites for hydroxylation is 1. The fourth-order valence-corrected chi connectivity index (χ4v) is 2.13. The minimum atomic E-state index is 0.113. The van der Waals surface area contributed by atoms with Gasteiger partial charge in [-0.3, -0.25) is 9.69 Å². The van der Waals surface area contributed by atoms with E-state index in [1.165, 1.54) is 0 Å². The largest absolute Gasteiger partial charge is 0.496 e. The number of methoxy groups -OCH3 is 1. The maximum Gasteiger partial charge on any atom is 0.180 e. The van der Waals surface area contributed by atoms with Crippen LogP contribution in [0.15, 0.2) is 18.2 Å². The van der Waals surface area contributed by atoms with Gasteiger partial charge in [-0.25, -0.2) is 0 Å². The van der Waals surface area contributed by atoms with Gasteiger partial charge in [0.1, 0.15) is 5.75 Å². The van der Waals surface area contributed by atoms with Crippen molar-refractivity contribution in [1.29, 1.82) is 0 Å². The van der Waals surface area contributed by atoms with Crippen LogP contribution in [0.1, 0.15) is 42.6 Å². The van der Waals surface area contributed by atoms with E-state index in [1.807, 2.05) is 32.2 Å². The van der Waals surface area contributed by atoms with Crippen molar-refractivity contribution in [3.63, 3.8) is 0 Å². The molecule has 0 heterocycles. The first-order valence-electron chi connectivity index (χ1n) is 6.87. The van der Waals surface area contributed by atoms with E-state index in [2.05, 4.69) is 18.7 Å². The Labute approximate surface area is 116 Å². The molecule has 1 aromatic carbocycles. The van der Waals surface area contributed by atoms with Crippen molar-refractivity contribution in [3.05, 3.63) is 29.3 Å². The van der Waals surface area contributed by atoms with Crippen LogP contribution >= 0.6 is 0 Å². The maximum absolute atomic E-state index is 12.3. The van der Waals surface area contributed by atoms with Crippen molar-refractivity contribution in [2.45, 2.75) is 39.7 Å². The molecule has 0 aliphatic heterocycles. The summed E-state index contributed by atoms with van der Waals surface area (Å²) in [5.41, 5.74) is 1.77. The summed E-state index contributed by atoms with van der Waals surface area (Å²) in [6, 6.07) is 6.13. The van der Waals surface area contributed by atoms with E-state index in [1.54, 1.807) is 7.11 Å². The fraction of sp³-hybridized carbons (Fsp3) is 0.562. The summed E-state index contributed by atoms with van der Waals surface area (Å²) in [5.74, 6) is 0.781. The van der Waals surface area contributed by atoms with E-state index in [-0.39, 0.29) is 5.78 Å². The zero-order chi connectivity index (χ0) is 14.4. The Morgan fingerprint density at radius 1 is 1.42 bits per heavy atom. The number of ether oxygens (including phenoxy) is 1. The SMILES string of the molecule is CCCC(C)N(C)CC(=O)c1ccc(C)cc1OC. The summed E-state index contributed by atoms with van der Waals surface area (Å²) in [5, 5.41) is 0. The molecule has 3 heteroatoms. The Morgan fingerprint density at radius 2 is 2.11 bits per heavy atom. The predicted octanol–water partition coefficient (Wildman–Crippen LogP) is 3.31. The Morgan fingerprint density at radius 3 is 2.68 bits per heavy atom. The standard InChI is InChI=1S/C16H25NO2/c1-6-7-13(3)17(4)11-15(18)14-9-8-12(2)10-16(14)19-5/h8-10,13H,6-7,11H2,1-5H3. The highest BCUT2D eigenvalue weighted by atomic mass is 16.5. The third-order valence-corrected chi connectivity index (χ3v) is 3.51. The highest BCUT2D eigenvalue weighted by molar-refractivity contribution is 6.00. The molecule has 0 N–H and O–H groups in total. The lowest BCUT2D eigenvalue weighted by Crippen LogP contribution is -2.34. The monoisotopic (exact) mass is 263 g/mol. The van der Waals surface area contributed by atoms with Gasteiger partial charge >= 0.3 is 0 Å². The van der Waals surface area contributed by atoms with Crippen LogP contribution in [-0.4, -0.2) is 37.4 Å². The van der Waals surface area contributed by atoms with E-state index in [4.69, 9.17) is 4.74 Å². The highest BCUT2D eigenvalue weighted by Gasteiger charge is 2.17. The molecule has 1 atom stereocenters. The van der Waals surface area contributed by atoms with Crippen molar-refractivity contribution in [2.75, 3.05) is 20.7 Å². The summed E-state index contributed by atoms with van der Waals surface area (Å²) in [6.45, 7) is 6.74. The van der Waals surface area contributed by atoms with Gasteiger partial charge in [-0.2, -0.15) is 0 Å². The third kappa shape index (κ3) is 4.35. The van der Waals surface area contributed by atoms with Gasteiger partial charge in [0.15, 0.2) is 5.78 Å². The van der Waals surface area contributed by atoms with Gasteiger partial charge in [0.05, 0.1) is 19.2 Å². The summed E-state index contributed by atoms with van der Waals surface area (Å²) >= 11 is 0. The van der Waals surface area contributed by atoms with E-state index in [0.29, 0.717) is 23.9 Å². The molecule has 3 nitrogen and oxygen atoms in total. The molecule has 1 unspecified atom stereocenters. The van der Waals surface area contributed by atoms with Crippen LogP contribution in [0.5, 0.6) is 5.75 Å². The quantitative estimate of drug-likeness (QED) is 0.707. The second-order valence-corrected chi connectivity index (χ2v) is 5.18. The normalized spacial score (nSPS) is 12.5. The molecule has 0 saturated carbocycles. The molecule has 0 radical (unpaired) electrons. The van der Waals surface area contributed by atoms with E-state index < -0.39 is 0 Å². The van der Waals surface area contributed by atoms with Gasteiger partial charge in [0.25, 0.3) is 0 Å². The predicted molar refractivity (Wildman–Crippen MR) is 79.1 cm³/mol. The molecular formula is C16H25NO2. The van der Waals surface area contributed by atoms with Crippen LogP contribution < -0.4 is 4.74 Å². The lowest BCUT2D eigenvalue weighted by atomic mass is 10.1. The minimum absolute atomic E-state index is 0.113. The van der Waals surface area contributed by atoms with Crippen molar-refractivity contribution >= 4 is 5.78 Å². The van der Waals surface area contributed by atoms with Crippen LogP contribution in [0.3, 0.4) is 0 Å². The highest BCUT2D eigenvalue weighted by Crippen LogP contribution is 2.21. The Balaban J connectivity index is 2.78. The molecule has 1 rings (SSSR count). The molecule has 0 bridgehead atoms. The molecule has 0 spiro atoms. The Bertz CT molecular complexity index is 429. The third-order valence-electron chi connectivity index (χ3n) is 3.51. The van der Waals surface area contributed by atoms with E-state index in [0.717, 1.165) is 18.4 Å². The molecule has 0 aromatic heterocycles. The molecule has 1 aromatic rings. The van der Waals surface area contributed by atoms with E-state index in [9.17, 15) is 4.79 Å². The maximum atomic E-state index is 12.3. The Hall–Kier alpha value is -1.35. The number of carbonyl (C=O) groups is 1. The minimum Gasteiger partial charge on any atom is -0.496 e. The van der Waals surface area contributed by atoms with Gasteiger partial charge in [-0.15, -0.1) is 0 Å². The topological polar surface area (TPSA) is 29.5 Å². The number of carbonyl (C=O) groups excluding carboxylic acids is 1. The average Bonchev–Trinajstić information content (AvgIpc) is 2.38. The molecule has 0 aliphatic rings. The first kappa shape index (κ1) is 15.7. The number of benzene rings is 1. The lowest BCUT2D eigenvalue weighted by Gasteiger charge is -2.23. The van der Waals surface area contributed by atoms with Crippen LogP contribution in [0.2, 0.25) is 0 Å². The average molecular weight is 263 g/mol.